The number of hydrogen-bond acceptors (Lipinski definition) is 7. The summed E-state index contributed by atoms with van der Waals surface area (Å²) in [5.41, 5.74) is 4.46. The molecule has 3 aliphatic heterocycles. The molecular formula is C24H26N6O4S. The highest BCUT2D eigenvalue weighted by molar-refractivity contribution is 7.89. The van der Waals surface area contributed by atoms with Gasteiger partial charge in [-0.15, -0.1) is 0 Å². The Morgan fingerprint density at radius 1 is 1.03 bits per heavy atom. The Hall–Kier alpha value is -3.70. The minimum absolute atomic E-state index is 0.00329. The number of carbonyl (C=O) groups excluding carboxylic acids is 2. The second kappa shape index (κ2) is 7.92. The summed E-state index contributed by atoms with van der Waals surface area (Å²) in [5.74, 6) is 0.190. The van der Waals surface area contributed by atoms with E-state index < -0.39 is 28.3 Å². The fourth-order valence-electron chi connectivity index (χ4n) is 4.74. The third-order valence-electron chi connectivity index (χ3n) is 6.64. The second-order valence-corrected chi connectivity index (χ2v) is 10.6. The molecule has 3 heterocycles. The van der Waals surface area contributed by atoms with Gasteiger partial charge < -0.3 is 9.80 Å². The standard InChI is InChI=1S/C24H26N6O4S/c1-14-5-6-15(2)17(11-14)13-29-22(31)20-21(27(4)24(29)32)26-23-28(20)12-16(3)30(23)18-7-9-19(10-8-18)35(25,33)34/h5-12,20-21H,13H2,1-4H3,(H2,25,33,34). The topological polar surface area (TPSA) is 120 Å². The Labute approximate surface area is 204 Å². The minimum atomic E-state index is -3.82. The fraction of sp³-hybridized carbons (Fsp3) is 0.292. The van der Waals surface area contributed by atoms with Crippen LogP contribution in [-0.4, -0.2) is 60.3 Å². The van der Waals surface area contributed by atoms with Gasteiger partial charge in [0.15, 0.2) is 12.2 Å². The van der Waals surface area contributed by atoms with Crippen LogP contribution in [0.3, 0.4) is 0 Å². The predicted octanol–water partition coefficient (Wildman–Crippen LogP) is 2.09. The average molecular weight is 495 g/mol. The van der Waals surface area contributed by atoms with Gasteiger partial charge in [0.2, 0.25) is 16.0 Å². The number of guanidine groups is 1. The summed E-state index contributed by atoms with van der Waals surface area (Å²) in [6, 6.07) is 11.0. The van der Waals surface area contributed by atoms with Crippen molar-refractivity contribution in [3.63, 3.8) is 0 Å². The lowest BCUT2D eigenvalue weighted by Crippen LogP contribution is -2.63. The van der Waals surface area contributed by atoms with Crippen LogP contribution in [0.25, 0.3) is 0 Å². The van der Waals surface area contributed by atoms with E-state index in [0.717, 1.165) is 22.4 Å². The van der Waals surface area contributed by atoms with Crippen LogP contribution in [0.1, 0.15) is 23.6 Å². The first-order valence-corrected chi connectivity index (χ1v) is 12.6. The summed E-state index contributed by atoms with van der Waals surface area (Å²) in [7, 11) is -2.17. The number of rotatable bonds is 4. The first-order valence-electron chi connectivity index (χ1n) is 11.1. The summed E-state index contributed by atoms with van der Waals surface area (Å²) in [6.07, 6.45) is 1.16. The number of sulfonamides is 1. The lowest BCUT2D eigenvalue weighted by Gasteiger charge is -2.40. The summed E-state index contributed by atoms with van der Waals surface area (Å²) < 4.78 is 23.3. The highest BCUT2D eigenvalue weighted by Crippen LogP contribution is 2.37. The zero-order valence-corrected chi connectivity index (χ0v) is 20.7. The number of nitrogens with two attached hydrogens (primary N) is 1. The number of nitrogens with zero attached hydrogens (tertiary/aromatic N) is 5. The van der Waals surface area contributed by atoms with Crippen molar-refractivity contribution in [2.45, 2.75) is 44.4 Å². The minimum Gasteiger partial charge on any atom is -0.302 e. The number of imide groups is 1. The Morgan fingerprint density at radius 3 is 2.37 bits per heavy atom. The van der Waals surface area contributed by atoms with Crippen molar-refractivity contribution in [3.8, 4) is 0 Å². The molecule has 35 heavy (non-hydrogen) atoms. The summed E-state index contributed by atoms with van der Waals surface area (Å²) in [5, 5.41) is 5.22. The van der Waals surface area contributed by atoms with E-state index in [4.69, 9.17) is 10.1 Å². The second-order valence-electron chi connectivity index (χ2n) is 9.09. The average Bonchev–Trinajstić information content (AvgIpc) is 3.31. The van der Waals surface area contributed by atoms with E-state index in [0.29, 0.717) is 11.6 Å². The van der Waals surface area contributed by atoms with Crippen LogP contribution in [0.5, 0.6) is 0 Å². The number of hydrogen-bond donors (Lipinski definition) is 1. The number of carbonyl (C=O) groups is 2. The Bertz CT molecular complexity index is 1420. The van der Waals surface area contributed by atoms with Crippen LogP contribution in [0.2, 0.25) is 0 Å². The molecule has 2 unspecified atom stereocenters. The van der Waals surface area contributed by atoms with Crippen molar-refractivity contribution in [3.05, 3.63) is 71.1 Å². The SMILES string of the molecule is CC1=CN2C(=NC3C2C(=O)N(Cc2cc(C)ccc2C)C(=O)N3C)N1c1ccc(S(N)(=O)=O)cc1. The van der Waals surface area contributed by atoms with Gasteiger partial charge in [-0.1, -0.05) is 23.8 Å². The molecule has 1 saturated heterocycles. The number of likely N-dealkylation sites (N-methyl/N-ethyl adjacent to an activating group) is 1. The molecule has 1 fully saturated rings. The molecule has 0 spiro atoms. The van der Waals surface area contributed by atoms with Gasteiger partial charge in [-0.05, 0) is 56.2 Å². The zero-order valence-electron chi connectivity index (χ0n) is 19.8. The van der Waals surface area contributed by atoms with Crippen LogP contribution < -0.4 is 10.0 Å². The molecule has 2 N–H and O–H groups in total. The summed E-state index contributed by atoms with van der Waals surface area (Å²) >= 11 is 0. The van der Waals surface area contributed by atoms with Gasteiger partial charge in [0, 0.05) is 24.6 Å². The van der Waals surface area contributed by atoms with Crippen LogP contribution in [0.15, 0.2) is 64.2 Å². The first-order chi connectivity index (χ1) is 16.5. The summed E-state index contributed by atoms with van der Waals surface area (Å²) in [6.45, 7) is 6.00. The molecular weight excluding hydrogens is 468 g/mol. The molecule has 0 aliphatic carbocycles. The van der Waals surface area contributed by atoms with Gasteiger partial charge in [0.1, 0.15) is 0 Å². The molecule has 2 atom stereocenters. The van der Waals surface area contributed by atoms with Crippen LogP contribution >= 0.6 is 0 Å². The maximum absolute atomic E-state index is 13.6. The monoisotopic (exact) mass is 494 g/mol. The smallest absolute Gasteiger partial charge is 0.302 e. The maximum Gasteiger partial charge on any atom is 0.328 e. The highest BCUT2D eigenvalue weighted by Gasteiger charge is 2.54. The number of benzene rings is 2. The van der Waals surface area contributed by atoms with Crippen molar-refractivity contribution in [1.29, 1.82) is 0 Å². The van der Waals surface area contributed by atoms with Crippen molar-refractivity contribution in [1.82, 2.24) is 14.7 Å². The molecule has 3 aliphatic rings. The van der Waals surface area contributed by atoms with Gasteiger partial charge in [-0.3, -0.25) is 14.6 Å². The Morgan fingerprint density at radius 2 is 1.71 bits per heavy atom. The maximum atomic E-state index is 13.6. The molecule has 2 aromatic rings. The van der Waals surface area contributed by atoms with Gasteiger partial charge in [0.25, 0.3) is 5.91 Å². The van der Waals surface area contributed by atoms with Crippen molar-refractivity contribution < 1.29 is 18.0 Å². The quantitative estimate of drug-likeness (QED) is 0.695. The van der Waals surface area contributed by atoms with Crippen LogP contribution in [0, 0.1) is 13.8 Å². The normalized spacial score (nSPS) is 21.9. The molecule has 10 nitrogen and oxygen atoms in total. The Kier molecular flexibility index (Phi) is 5.22. The number of anilines is 1. The number of aliphatic imine (C=N–C) groups is 1. The molecule has 5 rings (SSSR count). The van der Waals surface area contributed by atoms with E-state index in [1.54, 1.807) is 24.1 Å². The molecule has 0 bridgehead atoms. The molecule has 0 radical (unpaired) electrons. The lowest BCUT2D eigenvalue weighted by atomic mass is 10.0. The largest absolute Gasteiger partial charge is 0.328 e. The first kappa shape index (κ1) is 23.1. The number of allylic oxidation sites excluding steroid dienone is 1. The lowest BCUT2D eigenvalue weighted by molar-refractivity contribution is -0.137. The number of amides is 3. The van der Waals surface area contributed by atoms with Gasteiger partial charge in [-0.2, -0.15) is 0 Å². The molecule has 2 aromatic carbocycles. The van der Waals surface area contributed by atoms with Crippen LogP contribution in [-0.2, 0) is 21.4 Å². The summed E-state index contributed by atoms with van der Waals surface area (Å²) in [4.78, 5) is 38.0. The highest BCUT2D eigenvalue weighted by atomic mass is 32.2. The number of aryl methyl sites for hydroxylation is 2. The third-order valence-corrected chi connectivity index (χ3v) is 7.57. The number of primary sulfonamides is 1. The molecule has 182 valence electrons. The van der Waals surface area contributed by atoms with E-state index >= 15 is 0 Å². The van der Waals surface area contributed by atoms with Crippen molar-refractivity contribution >= 4 is 33.6 Å². The van der Waals surface area contributed by atoms with Crippen molar-refractivity contribution in [2.24, 2.45) is 10.1 Å². The van der Waals surface area contributed by atoms with Gasteiger partial charge in [-0.25, -0.2) is 23.3 Å². The Balaban J connectivity index is 1.46. The van der Waals surface area contributed by atoms with Gasteiger partial charge >= 0.3 is 6.03 Å². The van der Waals surface area contributed by atoms with E-state index in [1.165, 1.54) is 21.9 Å². The number of fused-ring (bicyclic) bond motifs is 3. The van der Waals surface area contributed by atoms with E-state index in [9.17, 15) is 18.0 Å². The predicted molar refractivity (Wildman–Crippen MR) is 131 cm³/mol. The van der Waals surface area contributed by atoms with Crippen molar-refractivity contribution in [2.75, 3.05) is 11.9 Å². The van der Waals surface area contributed by atoms with Gasteiger partial charge in [0.05, 0.1) is 11.4 Å². The number of urea groups is 1. The third kappa shape index (κ3) is 3.67. The molecule has 0 aromatic heterocycles. The molecule has 0 saturated carbocycles. The molecule has 3 amide bonds. The fourth-order valence-corrected chi connectivity index (χ4v) is 5.26. The molecule has 11 heteroatoms. The van der Waals surface area contributed by atoms with E-state index in [1.807, 2.05) is 50.1 Å². The van der Waals surface area contributed by atoms with E-state index in [-0.39, 0.29) is 17.3 Å². The van der Waals surface area contributed by atoms with Crippen LogP contribution in [0.4, 0.5) is 10.5 Å². The zero-order chi connectivity index (χ0) is 25.2. The van der Waals surface area contributed by atoms with E-state index in [2.05, 4.69) is 0 Å².